The van der Waals surface area contributed by atoms with Gasteiger partial charge in [0.15, 0.2) is 0 Å². The number of nitrogens with zero attached hydrogens (tertiary/aromatic N) is 6. The lowest BCUT2D eigenvalue weighted by atomic mass is 10.1. The summed E-state index contributed by atoms with van der Waals surface area (Å²) in [6, 6.07) is 8.18. The van der Waals surface area contributed by atoms with E-state index in [0.29, 0.717) is 37.4 Å². The predicted molar refractivity (Wildman–Crippen MR) is 105 cm³/mol. The van der Waals surface area contributed by atoms with Gasteiger partial charge in [0.05, 0.1) is 10.6 Å². The summed E-state index contributed by atoms with van der Waals surface area (Å²) in [5.74, 6) is -0.241. The number of carbonyl (C=O) groups is 1. The molecule has 0 unspecified atom stereocenters. The fourth-order valence-corrected chi connectivity index (χ4v) is 3.24. The molecule has 0 atom stereocenters. The van der Waals surface area contributed by atoms with Crippen molar-refractivity contribution in [1.82, 2.24) is 14.7 Å². The molecular formula is C19H20N6O4. The van der Waals surface area contributed by atoms with Gasteiger partial charge in [-0.05, 0) is 31.5 Å². The number of aromatic nitrogens is 2. The van der Waals surface area contributed by atoms with Gasteiger partial charge in [-0.25, -0.2) is 4.68 Å². The Labute approximate surface area is 166 Å². The van der Waals surface area contributed by atoms with Crippen molar-refractivity contribution < 1.29 is 9.72 Å². The van der Waals surface area contributed by atoms with Gasteiger partial charge >= 0.3 is 0 Å². The monoisotopic (exact) mass is 396 g/mol. The van der Waals surface area contributed by atoms with Crippen molar-refractivity contribution in [3.63, 3.8) is 0 Å². The first-order chi connectivity index (χ1) is 13.8. The number of rotatable bonds is 4. The van der Waals surface area contributed by atoms with Crippen LogP contribution in [0.4, 0.5) is 11.4 Å². The summed E-state index contributed by atoms with van der Waals surface area (Å²) in [7, 11) is 0. The number of non-ortho nitro benzene ring substituents is 1. The van der Waals surface area contributed by atoms with Crippen LogP contribution in [0.1, 0.15) is 16.8 Å². The zero-order valence-electron chi connectivity index (χ0n) is 16.2. The number of hydrogen-bond acceptors (Lipinski definition) is 7. The van der Waals surface area contributed by atoms with Crippen LogP contribution in [0, 0.1) is 35.3 Å². The van der Waals surface area contributed by atoms with E-state index in [1.165, 1.54) is 12.1 Å². The first-order valence-corrected chi connectivity index (χ1v) is 9.07. The Balaban J connectivity index is 1.65. The maximum Gasteiger partial charge on any atom is 0.285 e. The predicted octanol–water partition coefficient (Wildman–Crippen LogP) is 0.989. The number of nitriles is 1. The molecule has 0 saturated carbocycles. The summed E-state index contributed by atoms with van der Waals surface area (Å²) in [4.78, 5) is 39.0. The lowest BCUT2D eigenvalue weighted by Crippen LogP contribution is -2.50. The molecule has 10 nitrogen and oxygen atoms in total. The second-order valence-electron chi connectivity index (χ2n) is 6.80. The average Bonchev–Trinajstić information content (AvgIpc) is 2.72. The quantitative estimate of drug-likeness (QED) is 0.557. The van der Waals surface area contributed by atoms with E-state index in [4.69, 9.17) is 0 Å². The summed E-state index contributed by atoms with van der Waals surface area (Å²) >= 11 is 0. The van der Waals surface area contributed by atoms with Crippen molar-refractivity contribution >= 4 is 17.3 Å². The summed E-state index contributed by atoms with van der Waals surface area (Å²) < 4.78 is 1.05. The van der Waals surface area contributed by atoms with Gasteiger partial charge in [0.2, 0.25) is 5.91 Å². The zero-order valence-corrected chi connectivity index (χ0v) is 16.2. The van der Waals surface area contributed by atoms with Crippen molar-refractivity contribution in [3.05, 3.63) is 61.6 Å². The Morgan fingerprint density at radius 1 is 1.21 bits per heavy atom. The van der Waals surface area contributed by atoms with E-state index >= 15 is 0 Å². The minimum Gasteiger partial charge on any atom is -0.368 e. The lowest BCUT2D eigenvalue weighted by molar-refractivity contribution is -0.384. The molecule has 1 aromatic heterocycles. The van der Waals surface area contributed by atoms with Crippen molar-refractivity contribution in [2.45, 2.75) is 20.4 Å². The first-order valence-electron chi connectivity index (χ1n) is 9.07. The van der Waals surface area contributed by atoms with Crippen LogP contribution in [-0.2, 0) is 11.3 Å². The zero-order chi connectivity index (χ0) is 21.1. The van der Waals surface area contributed by atoms with Crippen LogP contribution >= 0.6 is 0 Å². The number of amides is 1. The maximum atomic E-state index is 12.6. The number of piperazine rings is 1. The Bertz CT molecular complexity index is 1050. The Hall–Kier alpha value is -3.74. The van der Waals surface area contributed by atoms with Gasteiger partial charge in [0.25, 0.3) is 11.2 Å². The third-order valence-corrected chi connectivity index (χ3v) is 5.09. The topological polar surface area (TPSA) is 125 Å². The normalized spacial score (nSPS) is 13.8. The number of carbonyl (C=O) groups excluding carboxylic acids is 1. The maximum absolute atomic E-state index is 12.6. The van der Waals surface area contributed by atoms with Gasteiger partial charge in [0.1, 0.15) is 18.2 Å². The number of nitro groups is 1. The number of nitro benzene ring substituents is 1. The van der Waals surface area contributed by atoms with E-state index in [0.717, 1.165) is 10.4 Å². The molecule has 1 saturated heterocycles. The highest BCUT2D eigenvalue weighted by Gasteiger charge is 2.23. The molecule has 1 aromatic carbocycles. The molecule has 2 heterocycles. The molecule has 0 radical (unpaired) electrons. The summed E-state index contributed by atoms with van der Waals surface area (Å²) in [6.07, 6.45) is 0. The SMILES string of the molecule is Cc1nn(CC(=O)N2CCN(c3ccc([N+](=O)[O-])cc3)CC2)c(=O)c(C#N)c1C. The third-order valence-electron chi connectivity index (χ3n) is 5.09. The van der Waals surface area contributed by atoms with Crippen LogP contribution in [0.3, 0.4) is 0 Å². The molecule has 1 aliphatic rings. The van der Waals surface area contributed by atoms with Crippen LogP contribution < -0.4 is 10.5 Å². The van der Waals surface area contributed by atoms with E-state index in [1.807, 2.05) is 11.0 Å². The van der Waals surface area contributed by atoms with Gasteiger partial charge in [-0.3, -0.25) is 19.7 Å². The summed E-state index contributed by atoms with van der Waals surface area (Å²) in [6.45, 7) is 5.20. The third kappa shape index (κ3) is 4.08. The Morgan fingerprint density at radius 2 is 1.83 bits per heavy atom. The number of hydrogen-bond donors (Lipinski definition) is 0. The van der Waals surface area contributed by atoms with Crippen LogP contribution in [0.25, 0.3) is 0 Å². The van der Waals surface area contributed by atoms with Crippen molar-refractivity contribution in [1.29, 1.82) is 5.26 Å². The number of benzene rings is 1. The first kappa shape index (κ1) is 20.0. The van der Waals surface area contributed by atoms with E-state index in [-0.39, 0.29) is 23.7 Å². The largest absolute Gasteiger partial charge is 0.368 e. The highest BCUT2D eigenvalue weighted by molar-refractivity contribution is 5.76. The van der Waals surface area contributed by atoms with E-state index in [9.17, 15) is 25.0 Å². The molecule has 3 rings (SSSR count). The highest BCUT2D eigenvalue weighted by atomic mass is 16.6. The van der Waals surface area contributed by atoms with Crippen molar-refractivity contribution in [3.8, 4) is 6.07 Å². The minimum absolute atomic E-state index is 0.00768. The van der Waals surface area contributed by atoms with Crippen LogP contribution in [0.2, 0.25) is 0 Å². The molecular weight excluding hydrogens is 376 g/mol. The fourth-order valence-electron chi connectivity index (χ4n) is 3.24. The lowest BCUT2D eigenvalue weighted by Gasteiger charge is -2.36. The second-order valence-corrected chi connectivity index (χ2v) is 6.80. The standard InChI is InChI=1S/C19H20N6O4/c1-13-14(2)21-24(19(27)17(13)11-20)12-18(26)23-9-7-22(8-10-23)15-3-5-16(6-4-15)25(28)29/h3-6H,7-10,12H2,1-2H3. The highest BCUT2D eigenvalue weighted by Crippen LogP contribution is 2.20. The molecule has 150 valence electrons. The molecule has 0 N–H and O–H groups in total. The van der Waals surface area contributed by atoms with E-state index < -0.39 is 10.5 Å². The molecule has 0 spiro atoms. The minimum atomic E-state index is -0.562. The van der Waals surface area contributed by atoms with Gasteiger partial charge in [-0.15, -0.1) is 0 Å². The van der Waals surface area contributed by atoms with E-state index in [2.05, 4.69) is 5.10 Å². The number of aryl methyl sites for hydroxylation is 1. The molecule has 1 aliphatic heterocycles. The van der Waals surface area contributed by atoms with Crippen LogP contribution in [0.5, 0.6) is 0 Å². The summed E-state index contributed by atoms with van der Waals surface area (Å²) in [5, 5.41) is 24.1. The van der Waals surface area contributed by atoms with Crippen molar-refractivity contribution in [2.24, 2.45) is 0 Å². The Morgan fingerprint density at radius 3 is 2.38 bits per heavy atom. The fraction of sp³-hybridized carbons (Fsp3) is 0.368. The molecule has 10 heteroatoms. The molecule has 1 amide bonds. The molecule has 0 bridgehead atoms. The second kappa shape index (κ2) is 8.10. The summed E-state index contributed by atoms with van der Waals surface area (Å²) in [5.41, 5.74) is 1.40. The van der Waals surface area contributed by atoms with Gasteiger partial charge in [-0.1, -0.05) is 0 Å². The van der Waals surface area contributed by atoms with Crippen LogP contribution in [-0.4, -0.2) is 51.7 Å². The Kier molecular flexibility index (Phi) is 5.59. The van der Waals surface area contributed by atoms with Crippen LogP contribution in [0.15, 0.2) is 29.1 Å². The molecule has 0 aliphatic carbocycles. The average molecular weight is 396 g/mol. The van der Waals surface area contributed by atoms with Gasteiger partial charge in [0, 0.05) is 44.0 Å². The molecule has 29 heavy (non-hydrogen) atoms. The number of anilines is 1. The smallest absolute Gasteiger partial charge is 0.285 e. The molecule has 2 aromatic rings. The van der Waals surface area contributed by atoms with Crippen molar-refractivity contribution in [2.75, 3.05) is 31.1 Å². The van der Waals surface area contributed by atoms with Gasteiger partial charge in [-0.2, -0.15) is 10.4 Å². The van der Waals surface area contributed by atoms with Gasteiger partial charge < -0.3 is 9.80 Å². The molecule has 1 fully saturated rings. The van der Waals surface area contributed by atoms with E-state index in [1.54, 1.807) is 30.9 Å².